The van der Waals surface area contributed by atoms with Gasteiger partial charge in [-0.1, -0.05) is 0 Å². The lowest BCUT2D eigenvalue weighted by Gasteiger charge is -2.01. The number of hydrogen-bond donors (Lipinski definition) is 3. The quantitative estimate of drug-likeness (QED) is 0.721. The van der Waals surface area contributed by atoms with Gasteiger partial charge in [0.05, 0.1) is 11.4 Å². The van der Waals surface area contributed by atoms with Crippen LogP contribution in [0.1, 0.15) is 9.67 Å². The largest absolute Gasteiger partial charge is 0.399 e. The van der Waals surface area contributed by atoms with Crippen molar-refractivity contribution >= 4 is 38.9 Å². The summed E-state index contributed by atoms with van der Waals surface area (Å²) in [5.41, 5.74) is 6.34. The van der Waals surface area contributed by atoms with E-state index < -0.39 is 0 Å². The number of nitrogen functional groups attached to an aromatic ring is 1. The monoisotopic (exact) mass is 263 g/mol. The van der Waals surface area contributed by atoms with E-state index in [0.717, 1.165) is 10.1 Å². The van der Waals surface area contributed by atoms with Crippen LogP contribution in [0.4, 0.5) is 5.69 Å². The summed E-state index contributed by atoms with van der Waals surface area (Å²) in [6, 6.07) is 7.27. The first-order valence-electron chi connectivity index (χ1n) is 5.38. The number of benzene rings is 1. The summed E-state index contributed by atoms with van der Waals surface area (Å²) in [6.45, 7) is -0.0221. The summed E-state index contributed by atoms with van der Waals surface area (Å²) < 4.78 is 0.995. The molecule has 0 fully saturated rings. The third-order valence-electron chi connectivity index (χ3n) is 2.45. The highest BCUT2D eigenvalue weighted by atomic mass is 32.1. The van der Waals surface area contributed by atoms with E-state index in [2.05, 4.69) is 10.6 Å². The number of rotatable bonds is 3. The number of carbonyl (C=O) groups excluding carboxylic acids is 2. The van der Waals surface area contributed by atoms with Gasteiger partial charge in [0.15, 0.2) is 0 Å². The van der Waals surface area contributed by atoms with E-state index in [4.69, 9.17) is 5.73 Å². The molecule has 0 saturated heterocycles. The molecule has 0 bridgehead atoms. The van der Waals surface area contributed by atoms with Gasteiger partial charge < -0.3 is 16.4 Å². The average Bonchev–Trinajstić information content (AvgIpc) is 2.78. The molecule has 0 atom stereocenters. The molecule has 0 saturated carbocycles. The number of likely N-dealkylation sites (N-methyl/N-ethyl adjacent to an activating group) is 1. The third-order valence-corrected chi connectivity index (χ3v) is 3.57. The number of nitrogens with one attached hydrogen (secondary N) is 2. The molecule has 94 valence electrons. The standard InChI is InChI=1S/C12H13N3O2S/c1-14-11(16)6-15-12(17)10-5-7-4-8(13)2-3-9(7)18-10/h2-5H,6,13H2,1H3,(H,14,16)(H,15,17). The maximum Gasteiger partial charge on any atom is 0.261 e. The molecular formula is C12H13N3O2S. The normalized spacial score (nSPS) is 10.3. The minimum atomic E-state index is -0.252. The molecule has 1 aromatic heterocycles. The Balaban J connectivity index is 2.15. The predicted octanol–water partition coefficient (Wildman–Crippen LogP) is 0.959. The van der Waals surface area contributed by atoms with Crippen LogP contribution in [-0.4, -0.2) is 25.4 Å². The Morgan fingerprint density at radius 2 is 2.11 bits per heavy atom. The lowest BCUT2D eigenvalue weighted by Crippen LogP contribution is -2.34. The summed E-state index contributed by atoms with van der Waals surface area (Å²) in [6.07, 6.45) is 0. The number of hydrogen-bond acceptors (Lipinski definition) is 4. The fraction of sp³-hybridized carbons (Fsp3) is 0.167. The van der Waals surface area contributed by atoms with Crippen LogP contribution >= 0.6 is 11.3 Å². The van der Waals surface area contributed by atoms with E-state index in [1.807, 2.05) is 12.1 Å². The van der Waals surface area contributed by atoms with Crippen LogP contribution < -0.4 is 16.4 Å². The van der Waals surface area contributed by atoms with Gasteiger partial charge in [-0.2, -0.15) is 0 Å². The molecule has 0 unspecified atom stereocenters. The van der Waals surface area contributed by atoms with Crippen LogP contribution in [0.5, 0.6) is 0 Å². The van der Waals surface area contributed by atoms with E-state index >= 15 is 0 Å². The zero-order valence-electron chi connectivity index (χ0n) is 9.82. The van der Waals surface area contributed by atoms with Gasteiger partial charge in [-0.05, 0) is 29.7 Å². The molecule has 0 spiro atoms. The Morgan fingerprint density at radius 3 is 2.83 bits per heavy atom. The van der Waals surface area contributed by atoms with Crippen LogP contribution in [0.15, 0.2) is 24.3 Å². The van der Waals surface area contributed by atoms with Crippen LogP contribution in [-0.2, 0) is 4.79 Å². The molecule has 0 aliphatic heterocycles. The predicted molar refractivity (Wildman–Crippen MR) is 72.6 cm³/mol. The minimum absolute atomic E-state index is 0.0221. The molecule has 2 aromatic rings. The summed E-state index contributed by atoms with van der Waals surface area (Å²) in [4.78, 5) is 23.4. The molecule has 18 heavy (non-hydrogen) atoms. The number of anilines is 1. The molecule has 6 heteroatoms. The van der Waals surface area contributed by atoms with Crippen LogP contribution in [0, 0.1) is 0 Å². The first-order valence-corrected chi connectivity index (χ1v) is 6.19. The van der Waals surface area contributed by atoms with Crippen molar-refractivity contribution in [3.63, 3.8) is 0 Å². The van der Waals surface area contributed by atoms with E-state index in [-0.39, 0.29) is 18.4 Å². The fourth-order valence-corrected chi connectivity index (χ4v) is 2.47. The van der Waals surface area contributed by atoms with Crippen LogP contribution in [0.2, 0.25) is 0 Å². The Morgan fingerprint density at radius 1 is 1.33 bits per heavy atom. The van der Waals surface area contributed by atoms with Crippen molar-refractivity contribution in [2.75, 3.05) is 19.3 Å². The molecule has 5 nitrogen and oxygen atoms in total. The Bertz CT molecular complexity index is 606. The molecule has 1 aromatic carbocycles. The van der Waals surface area contributed by atoms with Gasteiger partial charge in [0.1, 0.15) is 0 Å². The minimum Gasteiger partial charge on any atom is -0.399 e. The number of fused-ring (bicyclic) bond motifs is 1. The number of carbonyl (C=O) groups is 2. The lowest BCUT2D eigenvalue weighted by molar-refractivity contribution is -0.119. The number of thiophene rings is 1. The van der Waals surface area contributed by atoms with Crippen molar-refractivity contribution in [1.29, 1.82) is 0 Å². The molecule has 0 aliphatic rings. The van der Waals surface area contributed by atoms with Gasteiger partial charge in [0, 0.05) is 17.4 Å². The fourth-order valence-electron chi connectivity index (χ4n) is 1.51. The van der Waals surface area contributed by atoms with Crippen molar-refractivity contribution in [1.82, 2.24) is 10.6 Å². The van der Waals surface area contributed by atoms with Crippen LogP contribution in [0.25, 0.3) is 10.1 Å². The van der Waals surface area contributed by atoms with Gasteiger partial charge in [0.25, 0.3) is 5.91 Å². The van der Waals surface area contributed by atoms with Gasteiger partial charge in [-0.25, -0.2) is 0 Å². The Hall–Kier alpha value is -2.08. The second kappa shape index (κ2) is 5.05. The number of nitrogens with two attached hydrogens (primary N) is 1. The van der Waals surface area contributed by atoms with Gasteiger partial charge in [-0.3, -0.25) is 9.59 Å². The summed E-state index contributed by atoms with van der Waals surface area (Å²) in [5, 5.41) is 5.93. The van der Waals surface area contributed by atoms with E-state index in [1.54, 1.807) is 12.1 Å². The van der Waals surface area contributed by atoms with Crippen molar-refractivity contribution in [3.8, 4) is 0 Å². The van der Waals surface area contributed by atoms with Crippen molar-refractivity contribution < 1.29 is 9.59 Å². The highest BCUT2D eigenvalue weighted by Crippen LogP contribution is 2.27. The maximum absolute atomic E-state index is 11.8. The summed E-state index contributed by atoms with van der Waals surface area (Å²) in [7, 11) is 1.52. The summed E-state index contributed by atoms with van der Waals surface area (Å²) >= 11 is 1.37. The Labute approximate surface area is 108 Å². The molecule has 1 heterocycles. The highest BCUT2D eigenvalue weighted by molar-refractivity contribution is 7.20. The SMILES string of the molecule is CNC(=O)CNC(=O)c1cc2cc(N)ccc2s1. The van der Waals surface area contributed by atoms with E-state index in [0.29, 0.717) is 10.6 Å². The lowest BCUT2D eigenvalue weighted by atomic mass is 10.2. The summed E-state index contributed by atoms with van der Waals surface area (Å²) in [5.74, 6) is -0.480. The van der Waals surface area contributed by atoms with Crippen molar-refractivity contribution in [2.24, 2.45) is 0 Å². The first kappa shape index (κ1) is 12.4. The molecular weight excluding hydrogens is 250 g/mol. The van der Waals surface area contributed by atoms with Gasteiger partial charge in [0.2, 0.25) is 5.91 Å². The highest BCUT2D eigenvalue weighted by Gasteiger charge is 2.11. The molecule has 0 aliphatic carbocycles. The zero-order valence-corrected chi connectivity index (χ0v) is 10.6. The third kappa shape index (κ3) is 2.60. The topological polar surface area (TPSA) is 84.2 Å². The zero-order chi connectivity index (χ0) is 13.1. The first-order chi connectivity index (χ1) is 8.60. The molecule has 2 rings (SSSR count). The van der Waals surface area contributed by atoms with Gasteiger partial charge in [-0.15, -0.1) is 11.3 Å². The van der Waals surface area contributed by atoms with E-state index in [9.17, 15) is 9.59 Å². The van der Waals surface area contributed by atoms with Crippen LogP contribution in [0.3, 0.4) is 0 Å². The van der Waals surface area contributed by atoms with Crippen molar-refractivity contribution in [3.05, 3.63) is 29.1 Å². The van der Waals surface area contributed by atoms with E-state index in [1.165, 1.54) is 18.4 Å². The van der Waals surface area contributed by atoms with Crippen molar-refractivity contribution in [2.45, 2.75) is 0 Å². The second-order valence-electron chi connectivity index (χ2n) is 3.76. The number of amides is 2. The molecule has 0 radical (unpaired) electrons. The average molecular weight is 263 g/mol. The maximum atomic E-state index is 11.8. The second-order valence-corrected chi connectivity index (χ2v) is 4.85. The molecule has 4 N–H and O–H groups in total. The molecule has 2 amide bonds. The van der Waals surface area contributed by atoms with Gasteiger partial charge >= 0.3 is 0 Å². The smallest absolute Gasteiger partial charge is 0.261 e. The Kier molecular flexibility index (Phi) is 3.47.